The number of carboxylic acids is 1. The van der Waals surface area contributed by atoms with E-state index in [9.17, 15) is 52.4 Å². The van der Waals surface area contributed by atoms with E-state index >= 15 is 0 Å². The summed E-state index contributed by atoms with van der Waals surface area (Å²) in [6.45, 7) is 1.07. The van der Waals surface area contributed by atoms with Crippen LogP contribution >= 0.6 is 11.3 Å². The molecule has 0 bridgehead atoms. The number of amides is 3. The molecule has 0 unspecified atom stereocenters. The van der Waals surface area contributed by atoms with E-state index in [-0.39, 0.29) is 22.8 Å². The highest BCUT2D eigenvalue weighted by Crippen LogP contribution is 2.15. The van der Waals surface area contributed by atoms with Crippen LogP contribution in [0.1, 0.15) is 25.2 Å². The number of carbonyl (C=O) groups excluding carboxylic acids is 3. The molecule has 2 aromatic heterocycles. The molecule has 2 atom stereocenters. The van der Waals surface area contributed by atoms with Crippen molar-refractivity contribution in [3.8, 4) is 5.75 Å². The van der Waals surface area contributed by atoms with Crippen molar-refractivity contribution in [2.45, 2.75) is 38.1 Å². The van der Waals surface area contributed by atoms with Crippen LogP contribution in [0, 0.1) is 0 Å². The Morgan fingerprint density at radius 2 is 1.98 bits per heavy atom. The van der Waals surface area contributed by atoms with E-state index in [0.29, 0.717) is 10.9 Å². The number of aromatic nitrogens is 2. The van der Waals surface area contributed by atoms with Crippen LogP contribution < -0.4 is 31.8 Å². The molecule has 230 valence electrons. The molecule has 0 radical (unpaired) electrons. The van der Waals surface area contributed by atoms with E-state index in [1.54, 1.807) is 4.72 Å². The first-order chi connectivity index (χ1) is 19.4. The summed E-state index contributed by atoms with van der Waals surface area (Å²) in [6.07, 6.45) is 0.752. The number of urea groups is 1. The largest absolute Gasteiger partial charge is 0.503 e. The Bertz CT molecular complexity index is 1540. The van der Waals surface area contributed by atoms with Crippen LogP contribution in [-0.2, 0) is 36.1 Å². The van der Waals surface area contributed by atoms with Crippen LogP contribution in [0.3, 0.4) is 0 Å². The minimum Gasteiger partial charge on any atom is -0.503 e. The smallest absolute Gasteiger partial charge is 0.350 e. The van der Waals surface area contributed by atoms with E-state index in [1.807, 2.05) is 0 Å². The number of nitrogens with zero attached hydrogens (tertiary/aromatic N) is 3. The number of carboxylic acid groups (broad SMARTS) is 1. The maximum Gasteiger partial charge on any atom is 0.350 e. The van der Waals surface area contributed by atoms with Crippen LogP contribution in [0.25, 0.3) is 0 Å². The zero-order valence-electron chi connectivity index (χ0n) is 21.7. The maximum absolute atomic E-state index is 13.0. The Hall–Kier alpha value is -4.80. The third kappa shape index (κ3) is 9.69. The van der Waals surface area contributed by atoms with Crippen LogP contribution in [0.15, 0.2) is 27.6 Å². The Morgan fingerprint density at radius 3 is 2.52 bits per heavy atom. The third-order valence-electron chi connectivity index (χ3n) is 5.04. The van der Waals surface area contributed by atoms with Crippen molar-refractivity contribution in [1.82, 2.24) is 30.4 Å². The summed E-state index contributed by atoms with van der Waals surface area (Å²) in [5, 5.41) is 39.5. The lowest BCUT2D eigenvalue weighted by molar-refractivity contribution is -0.161. The quantitative estimate of drug-likeness (QED) is 0.0337. The van der Waals surface area contributed by atoms with Crippen LogP contribution in [0.5, 0.6) is 5.75 Å². The number of pyridine rings is 1. The van der Waals surface area contributed by atoms with Gasteiger partial charge in [-0.05, 0) is 13.8 Å². The number of anilines is 1. The fourth-order valence-electron chi connectivity index (χ4n) is 2.80. The summed E-state index contributed by atoms with van der Waals surface area (Å²) in [7, 11) is -5.01. The van der Waals surface area contributed by atoms with Crippen molar-refractivity contribution in [1.29, 1.82) is 0 Å². The number of aldehydes is 1. The highest BCUT2D eigenvalue weighted by molar-refractivity contribution is 7.83. The molecule has 10 N–H and O–H groups in total. The van der Waals surface area contributed by atoms with Crippen LogP contribution in [0.2, 0.25) is 0 Å². The number of rotatable bonds is 14. The molecule has 0 aliphatic rings. The molecule has 3 amide bonds. The summed E-state index contributed by atoms with van der Waals surface area (Å²) >= 11 is 0.884. The lowest BCUT2D eigenvalue weighted by atomic mass is 10.1. The normalized spacial score (nSPS) is 13.5. The maximum atomic E-state index is 13.0. The van der Waals surface area contributed by atoms with Crippen molar-refractivity contribution in [2.24, 2.45) is 5.16 Å². The SMILES string of the molecule is CC(C)(O/N=C(\C(=O)N[C@H](C=O)[C@@H](CNC(=O)NCc1cc(=O)c(O)cn1O)NS(=O)(=O)O)c1csc(N)n1)C(=O)O. The molecule has 0 aliphatic heterocycles. The van der Waals surface area contributed by atoms with Gasteiger partial charge in [0.05, 0.1) is 24.5 Å². The number of nitrogens with one attached hydrogen (secondary N) is 4. The number of carbonyl (C=O) groups is 4. The van der Waals surface area contributed by atoms with Crippen molar-refractivity contribution in [2.75, 3.05) is 12.3 Å². The van der Waals surface area contributed by atoms with Gasteiger partial charge < -0.3 is 46.7 Å². The van der Waals surface area contributed by atoms with E-state index in [4.69, 9.17) is 10.6 Å². The minimum absolute atomic E-state index is 0.0124. The monoisotopic (exact) mass is 634 g/mol. The van der Waals surface area contributed by atoms with Gasteiger partial charge in [-0.15, -0.1) is 11.3 Å². The second-order valence-electron chi connectivity index (χ2n) is 8.67. The number of oxime groups is 1. The van der Waals surface area contributed by atoms with Gasteiger partial charge in [-0.25, -0.2) is 14.6 Å². The van der Waals surface area contributed by atoms with E-state index in [2.05, 4.69) is 26.1 Å². The molecule has 2 aromatic rings. The van der Waals surface area contributed by atoms with E-state index in [1.165, 1.54) is 5.38 Å². The fraction of sp³-hybridized carbons (Fsp3) is 0.350. The molecule has 0 aliphatic carbocycles. The number of hydrogen-bond acceptors (Lipinski definition) is 14. The van der Waals surface area contributed by atoms with E-state index < -0.39 is 75.9 Å². The Labute approximate surface area is 240 Å². The summed E-state index contributed by atoms with van der Waals surface area (Å²) in [5.41, 5.74) is 1.84. The molecular formula is C20H26N8O12S2. The lowest BCUT2D eigenvalue weighted by Crippen LogP contribution is -2.58. The predicted octanol–water partition coefficient (Wildman–Crippen LogP) is -2.64. The summed E-state index contributed by atoms with van der Waals surface area (Å²) in [5.74, 6) is -3.40. The van der Waals surface area contributed by atoms with Gasteiger partial charge in [0.2, 0.25) is 11.0 Å². The van der Waals surface area contributed by atoms with Gasteiger partial charge >= 0.3 is 22.3 Å². The topological polar surface area (TPSA) is 314 Å². The number of nitrogens with two attached hydrogens (primary N) is 1. The van der Waals surface area contributed by atoms with Gasteiger partial charge in [0.15, 0.2) is 16.6 Å². The highest BCUT2D eigenvalue weighted by Gasteiger charge is 2.33. The molecule has 20 nitrogen and oxygen atoms in total. The Balaban J connectivity index is 2.22. The molecule has 2 rings (SSSR count). The molecule has 0 saturated heterocycles. The molecule has 2 heterocycles. The number of aromatic hydroxyl groups is 1. The zero-order valence-corrected chi connectivity index (χ0v) is 23.3. The van der Waals surface area contributed by atoms with Crippen molar-refractivity contribution < 1.29 is 52.4 Å². The lowest BCUT2D eigenvalue weighted by Gasteiger charge is -2.24. The Kier molecular flexibility index (Phi) is 10.9. The molecule has 0 saturated carbocycles. The third-order valence-corrected chi connectivity index (χ3v) is 6.31. The summed E-state index contributed by atoms with van der Waals surface area (Å²) < 4.78 is 34.4. The van der Waals surface area contributed by atoms with Gasteiger partial charge in [-0.1, -0.05) is 5.16 Å². The first-order valence-electron chi connectivity index (χ1n) is 11.3. The van der Waals surface area contributed by atoms with Crippen molar-refractivity contribution >= 4 is 56.7 Å². The standard InChI is InChI=1S/C20H26N8O12S2/c1-20(2,17(33)34)40-26-15(12-8-41-18(21)25-12)16(32)24-11(7-29)10(27-42(37,38)39)5-23-19(35)22-4-9-3-13(30)14(31)6-28(9)36/h3,6-8,10-11,27,31,36H,4-5H2,1-2H3,(H2,21,25)(H,24,32)(H,33,34)(H2,22,23,35)(H,37,38,39)/b26-15-/t10-,11-/m1/s1. The van der Waals surface area contributed by atoms with Crippen LogP contribution in [-0.4, -0.2) is 92.2 Å². The van der Waals surface area contributed by atoms with Crippen molar-refractivity contribution in [3.05, 3.63) is 39.3 Å². The molecule has 42 heavy (non-hydrogen) atoms. The van der Waals surface area contributed by atoms with Crippen molar-refractivity contribution in [3.63, 3.8) is 0 Å². The minimum atomic E-state index is -5.01. The molecular weight excluding hydrogens is 608 g/mol. The zero-order chi connectivity index (χ0) is 31.8. The molecule has 0 fully saturated rings. The van der Waals surface area contributed by atoms with Crippen LogP contribution in [0.4, 0.5) is 9.93 Å². The number of nitrogen functional groups attached to an aromatic ring is 1. The summed E-state index contributed by atoms with van der Waals surface area (Å²) in [6, 6.07) is -3.69. The van der Waals surface area contributed by atoms with Gasteiger partial charge in [0.1, 0.15) is 18.0 Å². The second-order valence-corrected chi connectivity index (χ2v) is 10.8. The first kappa shape index (κ1) is 33.4. The molecule has 22 heteroatoms. The van der Waals surface area contributed by atoms with Gasteiger partial charge in [-0.3, -0.25) is 14.1 Å². The fourth-order valence-corrected chi connectivity index (χ4v) is 3.96. The summed E-state index contributed by atoms with van der Waals surface area (Å²) in [4.78, 5) is 68.9. The average Bonchev–Trinajstić information content (AvgIpc) is 3.31. The number of thiazole rings is 1. The predicted molar refractivity (Wildman–Crippen MR) is 142 cm³/mol. The average molecular weight is 635 g/mol. The van der Waals surface area contributed by atoms with E-state index in [0.717, 1.165) is 31.3 Å². The van der Waals surface area contributed by atoms with Gasteiger partial charge in [-0.2, -0.15) is 17.9 Å². The highest BCUT2D eigenvalue weighted by atomic mass is 32.2. The number of aliphatic carboxylic acids is 1. The number of hydrogen-bond donors (Lipinski definition) is 9. The molecule has 0 aromatic carbocycles. The first-order valence-corrected chi connectivity index (χ1v) is 13.6. The Morgan fingerprint density at radius 1 is 1.31 bits per heavy atom. The second kappa shape index (κ2) is 13.7. The van der Waals surface area contributed by atoms with Gasteiger partial charge in [0.25, 0.3) is 5.91 Å². The molecule has 0 spiro atoms. The van der Waals surface area contributed by atoms with Gasteiger partial charge in [0, 0.05) is 18.0 Å².